The number of hydrogen-bond donors (Lipinski definition) is 2. The minimum Gasteiger partial charge on any atom is -0.370 e. The quantitative estimate of drug-likeness (QED) is 0.566. The number of nitrogens with zero attached hydrogens (tertiary/aromatic N) is 2. The summed E-state index contributed by atoms with van der Waals surface area (Å²) < 4.78 is 0. The van der Waals surface area contributed by atoms with Crippen molar-refractivity contribution in [1.82, 2.24) is 10.3 Å². The highest BCUT2D eigenvalue weighted by molar-refractivity contribution is 5.78. The van der Waals surface area contributed by atoms with Crippen LogP contribution in [0.5, 0.6) is 0 Å². The molecule has 0 aliphatic carbocycles. The Kier molecular flexibility index (Phi) is 3.66. The first-order chi connectivity index (χ1) is 6.97. The van der Waals surface area contributed by atoms with Gasteiger partial charge in [0.2, 0.25) is 0 Å². The smallest absolute Gasteiger partial charge is 0.189 e. The van der Waals surface area contributed by atoms with Crippen molar-refractivity contribution >= 4 is 5.96 Å². The highest BCUT2D eigenvalue weighted by Gasteiger charge is 2.09. The van der Waals surface area contributed by atoms with E-state index in [0.29, 0.717) is 12.5 Å². The normalized spacial score (nSPS) is 12.6. The summed E-state index contributed by atoms with van der Waals surface area (Å²) in [5.41, 5.74) is 6.73. The van der Waals surface area contributed by atoms with E-state index >= 15 is 0 Å². The monoisotopic (exact) mass is 206 g/mol. The number of nitrogens with one attached hydrogen (secondary N) is 1. The summed E-state index contributed by atoms with van der Waals surface area (Å²) in [5.74, 6) is 0.464. The third-order valence-corrected chi connectivity index (χ3v) is 1.66. The van der Waals surface area contributed by atoms with E-state index in [1.807, 2.05) is 32.9 Å². The summed E-state index contributed by atoms with van der Waals surface area (Å²) in [6, 6.07) is 3.86. The Morgan fingerprint density at radius 1 is 1.53 bits per heavy atom. The Bertz CT molecular complexity index is 324. The van der Waals surface area contributed by atoms with Gasteiger partial charge in [0.1, 0.15) is 0 Å². The lowest BCUT2D eigenvalue weighted by Crippen LogP contribution is -2.44. The zero-order valence-electron chi connectivity index (χ0n) is 9.49. The standard InChI is InChI=1S/C11H18N4/c1-11(2,3)15-10(12)14-8-9-5-4-6-13-7-9/h4-7H,8H2,1-3H3,(H3,12,14,15). The molecule has 1 aromatic rings. The number of aromatic nitrogens is 1. The molecule has 0 aliphatic rings. The van der Waals surface area contributed by atoms with Crippen molar-refractivity contribution in [3.05, 3.63) is 30.1 Å². The van der Waals surface area contributed by atoms with Gasteiger partial charge < -0.3 is 11.1 Å². The van der Waals surface area contributed by atoms with Crippen molar-refractivity contribution < 1.29 is 0 Å². The molecule has 1 heterocycles. The van der Waals surface area contributed by atoms with Crippen molar-refractivity contribution in [1.29, 1.82) is 0 Å². The molecule has 4 heteroatoms. The summed E-state index contributed by atoms with van der Waals surface area (Å²) in [6.45, 7) is 6.68. The number of guanidine groups is 1. The van der Waals surface area contributed by atoms with E-state index in [9.17, 15) is 0 Å². The lowest BCUT2D eigenvalue weighted by Gasteiger charge is -2.20. The van der Waals surface area contributed by atoms with E-state index in [-0.39, 0.29) is 5.54 Å². The molecule has 1 aromatic heterocycles. The van der Waals surface area contributed by atoms with Crippen molar-refractivity contribution in [3.8, 4) is 0 Å². The van der Waals surface area contributed by atoms with E-state index in [1.54, 1.807) is 12.4 Å². The van der Waals surface area contributed by atoms with Gasteiger partial charge in [-0.3, -0.25) is 4.98 Å². The van der Waals surface area contributed by atoms with Crippen molar-refractivity contribution in [2.45, 2.75) is 32.9 Å². The minimum absolute atomic E-state index is 0.0531. The first-order valence-corrected chi connectivity index (χ1v) is 4.94. The van der Waals surface area contributed by atoms with Crippen LogP contribution in [0, 0.1) is 0 Å². The third-order valence-electron chi connectivity index (χ3n) is 1.66. The maximum Gasteiger partial charge on any atom is 0.189 e. The van der Waals surface area contributed by atoms with E-state index in [1.165, 1.54) is 0 Å². The molecular formula is C11H18N4. The molecule has 3 N–H and O–H groups in total. The fraction of sp³-hybridized carbons (Fsp3) is 0.455. The van der Waals surface area contributed by atoms with Crippen LogP contribution in [-0.2, 0) is 6.54 Å². The molecule has 82 valence electrons. The molecule has 0 saturated carbocycles. The molecule has 0 atom stereocenters. The number of pyridine rings is 1. The molecule has 0 unspecified atom stereocenters. The Morgan fingerprint density at radius 3 is 2.80 bits per heavy atom. The fourth-order valence-electron chi connectivity index (χ4n) is 1.09. The van der Waals surface area contributed by atoms with Gasteiger partial charge in [0.05, 0.1) is 6.54 Å². The molecule has 15 heavy (non-hydrogen) atoms. The summed E-state index contributed by atoms with van der Waals surface area (Å²) in [7, 11) is 0. The molecule has 0 aliphatic heterocycles. The largest absolute Gasteiger partial charge is 0.370 e. The summed E-state index contributed by atoms with van der Waals surface area (Å²) in [4.78, 5) is 8.23. The molecular weight excluding hydrogens is 188 g/mol. The van der Waals surface area contributed by atoms with Crippen LogP contribution in [0.1, 0.15) is 26.3 Å². The van der Waals surface area contributed by atoms with Gasteiger partial charge in [-0.05, 0) is 32.4 Å². The van der Waals surface area contributed by atoms with Crippen LogP contribution in [0.2, 0.25) is 0 Å². The van der Waals surface area contributed by atoms with Crippen molar-refractivity contribution in [2.24, 2.45) is 10.7 Å². The predicted molar refractivity (Wildman–Crippen MR) is 62.5 cm³/mol. The van der Waals surface area contributed by atoms with Crippen LogP contribution in [0.25, 0.3) is 0 Å². The second kappa shape index (κ2) is 4.77. The number of aliphatic imine (C=N–C) groups is 1. The third kappa shape index (κ3) is 5.00. The van der Waals surface area contributed by atoms with Gasteiger partial charge >= 0.3 is 0 Å². The average molecular weight is 206 g/mol. The zero-order chi connectivity index (χ0) is 11.3. The van der Waals surface area contributed by atoms with Gasteiger partial charge in [-0.25, -0.2) is 4.99 Å². The average Bonchev–Trinajstić information content (AvgIpc) is 2.14. The molecule has 0 aromatic carbocycles. The van der Waals surface area contributed by atoms with Gasteiger partial charge in [-0.2, -0.15) is 0 Å². The zero-order valence-corrected chi connectivity index (χ0v) is 9.49. The predicted octanol–water partition coefficient (Wildman–Crippen LogP) is 1.28. The molecule has 4 nitrogen and oxygen atoms in total. The van der Waals surface area contributed by atoms with Gasteiger partial charge in [-0.15, -0.1) is 0 Å². The van der Waals surface area contributed by atoms with Crippen LogP contribution in [-0.4, -0.2) is 16.5 Å². The van der Waals surface area contributed by atoms with Gasteiger partial charge in [-0.1, -0.05) is 6.07 Å². The van der Waals surface area contributed by atoms with Crippen molar-refractivity contribution in [3.63, 3.8) is 0 Å². The van der Waals surface area contributed by atoms with Gasteiger partial charge in [0, 0.05) is 17.9 Å². The second-order valence-electron chi connectivity index (χ2n) is 4.44. The lowest BCUT2D eigenvalue weighted by molar-refractivity contribution is 0.508. The van der Waals surface area contributed by atoms with E-state index in [2.05, 4.69) is 15.3 Å². The van der Waals surface area contributed by atoms with Crippen molar-refractivity contribution in [2.75, 3.05) is 0 Å². The maximum absolute atomic E-state index is 5.73. The van der Waals surface area contributed by atoms with Crippen LogP contribution in [0.4, 0.5) is 0 Å². The van der Waals surface area contributed by atoms with Gasteiger partial charge in [0.15, 0.2) is 5.96 Å². The molecule has 0 bridgehead atoms. The fourth-order valence-corrected chi connectivity index (χ4v) is 1.09. The highest BCUT2D eigenvalue weighted by Crippen LogP contribution is 1.99. The van der Waals surface area contributed by atoms with E-state index < -0.39 is 0 Å². The Hall–Kier alpha value is -1.58. The lowest BCUT2D eigenvalue weighted by atomic mass is 10.1. The summed E-state index contributed by atoms with van der Waals surface area (Å²) in [6.07, 6.45) is 3.53. The minimum atomic E-state index is -0.0531. The molecule has 0 saturated heterocycles. The number of rotatable bonds is 2. The molecule has 0 fully saturated rings. The van der Waals surface area contributed by atoms with Crippen LogP contribution < -0.4 is 11.1 Å². The first-order valence-electron chi connectivity index (χ1n) is 4.94. The molecule has 0 spiro atoms. The summed E-state index contributed by atoms with van der Waals surface area (Å²) in [5, 5.41) is 3.10. The SMILES string of the molecule is CC(C)(C)NC(N)=NCc1cccnc1. The maximum atomic E-state index is 5.73. The van der Waals surface area contributed by atoms with Crippen LogP contribution in [0.15, 0.2) is 29.5 Å². The second-order valence-corrected chi connectivity index (χ2v) is 4.44. The van der Waals surface area contributed by atoms with Crippen LogP contribution >= 0.6 is 0 Å². The topological polar surface area (TPSA) is 63.3 Å². The Labute approximate surface area is 90.6 Å². The number of nitrogens with two attached hydrogens (primary N) is 1. The van der Waals surface area contributed by atoms with E-state index in [4.69, 9.17) is 5.73 Å². The first kappa shape index (κ1) is 11.5. The molecule has 0 amide bonds. The summed E-state index contributed by atoms with van der Waals surface area (Å²) >= 11 is 0. The van der Waals surface area contributed by atoms with E-state index in [0.717, 1.165) is 5.56 Å². The number of hydrogen-bond acceptors (Lipinski definition) is 2. The molecule has 0 radical (unpaired) electrons. The molecule has 1 rings (SSSR count). The van der Waals surface area contributed by atoms with Gasteiger partial charge in [0.25, 0.3) is 0 Å². The Balaban J connectivity index is 2.51. The Morgan fingerprint density at radius 2 is 2.27 bits per heavy atom. The highest BCUT2D eigenvalue weighted by atomic mass is 15.1. The van der Waals surface area contributed by atoms with Crippen LogP contribution in [0.3, 0.4) is 0 Å².